The molecule has 2 heterocycles. The van der Waals surface area contributed by atoms with E-state index in [-0.39, 0.29) is 0 Å². The zero-order valence-electron chi connectivity index (χ0n) is 7.62. The quantitative estimate of drug-likeness (QED) is 0.539. The Morgan fingerprint density at radius 1 is 1.50 bits per heavy atom. The van der Waals surface area contributed by atoms with Gasteiger partial charge >= 0.3 is 0 Å². The van der Waals surface area contributed by atoms with Gasteiger partial charge in [0, 0.05) is 35.5 Å². The zero-order chi connectivity index (χ0) is 9.80. The topological polar surface area (TPSA) is 28.7 Å². The van der Waals surface area contributed by atoms with Crippen molar-refractivity contribution in [3.8, 4) is 11.8 Å². The molecule has 2 aromatic heterocycles. The summed E-state index contributed by atoms with van der Waals surface area (Å²) in [6.07, 6.45) is 4.47. The Bertz CT molecular complexity index is 490. The summed E-state index contributed by atoms with van der Waals surface area (Å²) >= 11 is 4.09. The van der Waals surface area contributed by atoms with Crippen LogP contribution in [0.5, 0.6) is 0 Å². The summed E-state index contributed by atoms with van der Waals surface area (Å²) in [4.78, 5) is 7.29. The molecule has 0 unspecified atom stereocenters. The monoisotopic (exact) mass is 202 g/mol. The van der Waals surface area contributed by atoms with Crippen LogP contribution >= 0.6 is 12.6 Å². The number of hydrogen-bond acceptors (Lipinski definition) is 2. The van der Waals surface area contributed by atoms with E-state index in [0.717, 1.165) is 28.8 Å². The lowest BCUT2D eigenvalue weighted by Crippen LogP contribution is -1.79. The molecule has 0 saturated heterocycles. The predicted molar refractivity (Wildman–Crippen MR) is 61.4 cm³/mol. The number of thiol groups is 1. The molecule has 1 N–H and O–H groups in total. The standard InChI is InChI=1S/C11H10N2S/c14-6-2-1-3-9-7-10-4-5-12-11(10)13-8-9/h4-5,7-8,14H,2,6H2,(H,12,13). The largest absolute Gasteiger partial charge is 0.346 e. The van der Waals surface area contributed by atoms with E-state index in [9.17, 15) is 0 Å². The van der Waals surface area contributed by atoms with Crippen molar-refractivity contribution < 1.29 is 0 Å². The van der Waals surface area contributed by atoms with Gasteiger partial charge in [-0.1, -0.05) is 11.8 Å². The van der Waals surface area contributed by atoms with E-state index in [1.54, 1.807) is 6.20 Å². The molecule has 0 bridgehead atoms. The number of fused-ring (bicyclic) bond motifs is 1. The summed E-state index contributed by atoms with van der Waals surface area (Å²) in [5.74, 6) is 6.88. The van der Waals surface area contributed by atoms with Gasteiger partial charge in [0.25, 0.3) is 0 Å². The van der Waals surface area contributed by atoms with Crippen molar-refractivity contribution >= 4 is 23.7 Å². The van der Waals surface area contributed by atoms with Gasteiger partial charge in [0.05, 0.1) is 0 Å². The molecular formula is C11H10N2S. The smallest absolute Gasteiger partial charge is 0.137 e. The number of nitrogens with one attached hydrogen (secondary N) is 1. The number of H-pyrrole nitrogens is 1. The number of aromatic amines is 1. The van der Waals surface area contributed by atoms with Gasteiger partial charge in [-0.05, 0) is 12.1 Å². The Labute approximate surface area is 88.2 Å². The van der Waals surface area contributed by atoms with Gasteiger partial charge in [-0.25, -0.2) is 4.98 Å². The van der Waals surface area contributed by atoms with Gasteiger partial charge in [0.15, 0.2) is 0 Å². The van der Waals surface area contributed by atoms with E-state index < -0.39 is 0 Å². The van der Waals surface area contributed by atoms with Crippen LogP contribution in [-0.4, -0.2) is 15.7 Å². The molecule has 70 valence electrons. The molecule has 0 aliphatic heterocycles. The summed E-state index contributed by atoms with van der Waals surface area (Å²) in [5.41, 5.74) is 1.86. The molecule has 2 aromatic rings. The molecule has 0 atom stereocenters. The molecule has 14 heavy (non-hydrogen) atoms. The minimum atomic E-state index is 0.798. The van der Waals surface area contributed by atoms with Gasteiger partial charge in [-0.15, -0.1) is 0 Å². The Balaban J connectivity index is 2.31. The number of pyridine rings is 1. The number of nitrogens with zero attached hydrogens (tertiary/aromatic N) is 1. The first-order valence-electron chi connectivity index (χ1n) is 4.43. The molecule has 3 heteroatoms. The molecule has 0 spiro atoms. The fourth-order valence-corrected chi connectivity index (χ4v) is 1.34. The van der Waals surface area contributed by atoms with Gasteiger partial charge in [0.1, 0.15) is 5.65 Å². The highest BCUT2D eigenvalue weighted by Crippen LogP contribution is 2.10. The summed E-state index contributed by atoms with van der Waals surface area (Å²) in [5, 5.41) is 1.10. The molecule has 0 amide bonds. The van der Waals surface area contributed by atoms with Crippen LogP contribution < -0.4 is 0 Å². The molecule has 2 rings (SSSR count). The maximum atomic E-state index is 4.24. The highest BCUT2D eigenvalue weighted by molar-refractivity contribution is 7.80. The summed E-state index contributed by atoms with van der Waals surface area (Å²) < 4.78 is 0. The molecular weight excluding hydrogens is 192 g/mol. The van der Waals surface area contributed by atoms with Crippen molar-refractivity contribution in [3.63, 3.8) is 0 Å². The van der Waals surface area contributed by atoms with E-state index in [4.69, 9.17) is 0 Å². The number of rotatable bonds is 1. The van der Waals surface area contributed by atoms with Gasteiger partial charge < -0.3 is 4.98 Å². The van der Waals surface area contributed by atoms with Crippen molar-refractivity contribution in [2.45, 2.75) is 6.42 Å². The van der Waals surface area contributed by atoms with E-state index >= 15 is 0 Å². The third-order valence-electron chi connectivity index (χ3n) is 1.87. The Hall–Kier alpha value is -1.40. The molecule has 0 aromatic carbocycles. The SMILES string of the molecule is SCCC#Cc1cnc2[nH]ccc2c1. The lowest BCUT2D eigenvalue weighted by Gasteiger charge is -1.90. The lowest BCUT2D eigenvalue weighted by atomic mass is 10.2. The first-order valence-corrected chi connectivity index (χ1v) is 5.06. The third kappa shape index (κ3) is 1.91. The van der Waals surface area contributed by atoms with E-state index in [1.165, 1.54) is 0 Å². The second kappa shape index (κ2) is 4.21. The lowest BCUT2D eigenvalue weighted by molar-refractivity contribution is 1.30. The second-order valence-corrected chi connectivity index (χ2v) is 3.36. The van der Waals surface area contributed by atoms with Crippen molar-refractivity contribution in [1.29, 1.82) is 0 Å². The van der Waals surface area contributed by atoms with Gasteiger partial charge in [0.2, 0.25) is 0 Å². The molecule has 0 fully saturated rings. The summed E-state index contributed by atoms with van der Waals surface area (Å²) in [6, 6.07) is 4.02. The normalized spacial score (nSPS) is 9.79. The average molecular weight is 202 g/mol. The van der Waals surface area contributed by atoms with E-state index in [2.05, 4.69) is 34.4 Å². The predicted octanol–water partition coefficient (Wildman–Crippen LogP) is 2.23. The van der Waals surface area contributed by atoms with Crippen LogP contribution in [0.2, 0.25) is 0 Å². The highest BCUT2D eigenvalue weighted by Gasteiger charge is 1.94. The van der Waals surface area contributed by atoms with Crippen molar-refractivity contribution in [2.75, 3.05) is 5.75 Å². The summed E-state index contributed by atoms with van der Waals surface area (Å²) in [7, 11) is 0. The maximum absolute atomic E-state index is 4.24. The fraction of sp³-hybridized carbons (Fsp3) is 0.182. The highest BCUT2D eigenvalue weighted by atomic mass is 32.1. The van der Waals surface area contributed by atoms with Crippen LogP contribution in [0.25, 0.3) is 11.0 Å². The Morgan fingerprint density at radius 2 is 2.43 bits per heavy atom. The molecule has 0 saturated carbocycles. The van der Waals surface area contributed by atoms with Crippen LogP contribution in [-0.2, 0) is 0 Å². The van der Waals surface area contributed by atoms with Crippen LogP contribution in [0.4, 0.5) is 0 Å². The van der Waals surface area contributed by atoms with Gasteiger partial charge in [-0.3, -0.25) is 0 Å². The second-order valence-electron chi connectivity index (χ2n) is 2.91. The van der Waals surface area contributed by atoms with Crippen LogP contribution in [0.1, 0.15) is 12.0 Å². The van der Waals surface area contributed by atoms with Crippen LogP contribution in [0.15, 0.2) is 24.5 Å². The number of hydrogen-bond donors (Lipinski definition) is 2. The minimum Gasteiger partial charge on any atom is -0.346 e. The van der Waals surface area contributed by atoms with Gasteiger partial charge in [-0.2, -0.15) is 12.6 Å². The first kappa shape index (κ1) is 9.17. The van der Waals surface area contributed by atoms with E-state index in [0.29, 0.717) is 0 Å². The zero-order valence-corrected chi connectivity index (χ0v) is 8.51. The fourth-order valence-electron chi connectivity index (χ4n) is 1.23. The van der Waals surface area contributed by atoms with Crippen molar-refractivity contribution in [3.05, 3.63) is 30.1 Å². The average Bonchev–Trinajstić information content (AvgIpc) is 2.65. The van der Waals surface area contributed by atoms with E-state index in [1.807, 2.05) is 18.3 Å². The Morgan fingerprint density at radius 3 is 3.29 bits per heavy atom. The minimum absolute atomic E-state index is 0.798. The van der Waals surface area contributed by atoms with Crippen LogP contribution in [0.3, 0.4) is 0 Å². The maximum Gasteiger partial charge on any atom is 0.137 e. The van der Waals surface area contributed by atoms with Crippen molar-refractivity contribution in [1.82, 2.24) is 9.97 Å². The summed E-state index contributed by atoms with van der Waals surface area (Å²) in [6.45, 7) is 0. The molecule has 0 aliphatic rings. The Kier molecular flexibility index (Phi) is 2.76. The number of aromatic nitrogens is 2. The van der Waals surface area contributed by atoms with Crippen LogP contribution in [0, 0.1) is 11.8 Å². The molecule has 2 nitrogen and oxygen atoms in total. The first-order chi connectivity index (χ1) is 6.90. The molecule has 0 aliphatic carbocycles. The third-order valence-corrected chi connectivity index (χ3v) is 2.09. The van der Waals surface area contributed by atoms with Crippen molar-refractivity contribution in [2.24, 2.45) is 0 Å². The molecule has 0 radical (unpaired) electrons.